The van der Waals surface area contributed by atoms with E-state index in [-0.39, 0.29) is 17.5 Å². The average Bonchev–Trinajstić information content (AvgIpc) is 3.45. The maximum Gasteiger partial charge on any atom is 0.331 e. The highest BCUT2D eigenvalue weighted by molar-refractivity contribution is 5.99. The Labute approximate surface area is 175 Å². The number of hydrogen-bond acceptors (Lipinski definition) is 3. The van der Waals surface area contributed by atoms with Crippen LogP contribution in [0.4, 0.5) is 0 Å². The lowest BCUT2D eigenvalue weighted by Gasteiger charge is -2.14. The van der Waals surface area contributed by atoms with E-state index in [4.69, 9.17) is 0 Å². The zero-order chi connectivity index (χ0) is 20.8. The highest BCUT2D eigenvalue weighted by atomic mass is 16.3. The number of amides is 1. The standard InChI is InChI=1S/C24H25N3O3/c1-2-27-22(28)15-26(24(27)30)13-17-5-7-18(8-6-17)19-9-10-21-20(11-19)14-25(23(21)29)12-16-3-4-16/h5-11,15-16,28H,2-4,12-14H2,1H3. The van der Waals surface area contributed by atoms with Crippen LogP contribution >= 0.6 is 0 Å². The fourth-order valence-electron chi connectivity index (χ4n) is 4.25. The molecule has 2 heterocycles. The molecule has 6 nitrogen and oxygen atoms in total. The van der Waals surface area contributed by atoms with E-state index >= 15 is 0 Å². The largest absolute Gasteiger partial charge is 0.493 e. The zero-order valence-electron chi connectivity index (χ0n) is 17.0. The first kappa shape index (κ1) is 18.7. The normalized spacial score (nSPS) is 15.6. The van der Waals surface area contributed by atoms with E-state index in [1.165, 1.54) is 28.2 Å². The second kappa shape index (κ2) is 7.20. The Balaban J connectivity index is 1.34. The molecule has 3 aromatic rings. The van der Waals surface area contributed by atoms with Gasteiger partial charge in [-0.25, -0.2) is 4.79 Å². The molecule has 1 N–H and O–H groups in total. The molecular weight excluding hydrogens is 378 g/mol. The van der Waals surface area contributed by atoms with Gasteiger partial charge in [-0.1, -0.05) is 30.3 Å². The van der Waals surface area contributed by atoms with Crippen LogP contribution in [0.1, 0.15) is 41.3 Å². The quantitative estimate of drug-likeness (QED) is 0.685. The van der Waals surface area contributed by atoms with Crippen molar-refractivity contribution in [2.24, 2.45) is 5.92 Å². The van der Waals surface area contributed by atoms with E-state index in [1.807, 2.05) is 48.2 Å². The molecule has 1 aromatic heterocycles. The molecule has 2 aromatic carbocycles. The van der Waals surface area contributed by atoms with E-state index in [2.05, 4.69) is 6.07 Å². The van der Waals surface area contributed by atoms with Crippen molar-refractivity contribution < 1.29 is 9.90 Å². The maximum absolute atomic E-state index is 12.6. The first-order valence-electron chi connectivity index (χ1n) is 10.5. The van der Waals surface area contributed by atoms with E-state index in [0.717, 1.165) is 34.4 Å². The van der Waals surface area contributed by atoms with Gasteiger partial charge >= 0.3 is 5.69 Å². The summed E-state index contributed by atoms with van der Waals surface area (Å²) in [5, 5.41) is 9.86. The van der Waals surface area contributed by atoms with Gasteiger partial charge in [0.25, 0.3) is 5.91 Å². The lowest BCUT2D eigenvalue weighted by Crippen LogP contribution is -2.26. The van der Waals surface area contributed by atoms with Gasteiger partial charge < -0.3 is 10.0 Å². The predicted molar refractivity (Wildman–Crippen MR) is 114 cm³/mol. The monoisotopic (exact) mass is 403 g/mol. The summed E-state index contributed by atoms with van der Waals surface area (Å²) in [5.74, 6) is 0.841. The van der Waals surface area contributed by atoms with Crippen LogP contribution < -0.4 is 5.69 Å². The molecule has 1 saturated carbocycles. The number of aromatic nitrogens is 2. The smallest absolute Gasteiger partial charge is 0.331 e. The Kier molecular flexibility index (Phi) is 4.50. The molecule has 154 valence electrons. The van der Waals surface area contributed by atoms with E-state index in [9.17, 15) is 14.7 Å². The molecule has 5 rings (SSSR count). The fraction of sp³-hybridized carbons (Fsp3) is 0.333. The molecule has 30 heavy (non-hydrogen) atoms. The summed E-state index contributed by atoms with van der Waals surface area (Å²) in [6, 6.07) is 14.2. The molecular formula is C24H25N3O3. The average molecular weight is 403 g/mol. The first-order chi connectivity index (χ1) is 14.5. The summed E-state index contributed by atoms with van der Waals surface area (Å²) in [4.78, 5) is 26.8. The van der Waals surface area contributed by atoms with Gasteiger partial charge in [0.05, 0.1) is 12.7 Å². The minimum Gasteiger partial charge on any atom is -0.493 e. The summed E-state index contributed by atoms with van der Waals surface area (Å²) < 4.78 is 2.86. The van der Waals surface area contributed by atoms with Crippen LogP contribution in [0.3, 0.4) is 0 Å². The molecule has 0 atom stereocenters. The highest BCUT2D eigenvalue weighted by Gasteiger charge is 2.32. The lowest BCUT2D eigenvalue weighted by atomic mass is 9.99. The Hall–Kier alpha value is -3.28. The van der Waals surface area contributed by atoms with Crippen LogP contribution in [-0.4, -0.2) is 31.6 Å². The molecule has 0 radical (unpaired) electrons. The molecule has 2 aliphatic rings. The van der Waals surface area contributed by atoms with Crippen LogP contribution in [-0.2, 0) is 19.6 Å². The zero-order valence-corrected chi connectivity index (χ0v) is 17.0. The van der Waals surface area contributed by atoms with Crippen molar-refractivity contribution in [1.29, 1.82) is 0 Å². The van der Waals surface area contributed by atoms with Gasteiger partial charge in [-0.3, -0.25) is 13.9 Å². The molecule has 1 fully saturated rings. The fourth-order valence-corrected chi connectivity index (χ4v) is 4.25. The number of aromatic hydroxyl groups is 1. The van der Waals surface area contributed by atoms with E-state index in [0.29, 0.717) is 25.6 Å². The number of nitrogens with zero attached hydrogens (tertiary/aromatic N) is 3. The predicted octanol–water partition coefficient (Wildman–Crippen LogP) is 3.46. The second-order valence-electron chi connectivity index (χ2n) is 8.34. The van der Waals surface area contributed by atoms with Crippen molar-refractivity contribution in [3.05, 3.63) is 75.8 Å². The molecule has 0 bridgehead atoms. The van der Waals surface area contributed by atoms with Crippen molar-refractivity contribution in [2.75, 3.05) is 6.54 Å². The molecule has 0 spiro atoms. The van der Waals surface area contributed by atoms with Gasteiger partial charge in [-0.15, -0.1) is 0 Å². The second-order valence-corrected chi connectivity index (χ2v) is 8.34. The third-order valence-corrected chi connectivity index (χ3v) is 6.14. The first-order valence-corrected chi connectivity index (χ1v) is 10.5. The third-order valence-electron chi connectivity index (χ3n) is 6.14. The summed E-state index contributed by atoms with van der Waals surface area (Å²) in [6.07, 6.45) is 3.96. The number of hydrogen-bond donors (Lipinski definition) is 1. The van der Waals surface area contributed by atoms with Crippen molar-refractivity contribution >= 4 is 5.91 Å². The van der Waals surface area contributed by atoms with E-state index < -0.39 is 0 Å². The summed E-state index contributed by atoms with van der Waals surface area (Å²) >= 11 is 0. The Morgan fingerprint density at radius 2 is 1.77 bits per heavy atom. The molecule has 1 aliphatic heterocycles. The van der Waals surface area contributed by atoms with Gasteiger partial charge in [-0.2, -0.15) is 0 Å². The summed E-state index contributed by atoms with van der Waals surface area (Å²) in [6.45, 7) is 4.27. The van der Waals surface area contributed by atoms with Gasteiger partial charge in [0.15, 0.2) is 0 Å². The molecule has 1 amide bonds. The van der Waals surface area contributed by atoms with Gasteiger partial charge in [0.1, 0.15) is 0 Å². The highest BCUT2D eigenvalue weighted by Crippen LogP contribution is 2.34. The topological polar surface area (TPSA) is 67.5 Å². The van der Waals surface area contributed by atoms with E-state index in [1.54, 1.807) is 0 Å². The van der Waals surface area contributed by atoms with Crippen LogP contribution in [0.2, 0.25) is 0 Å². The van der Waals surface area contributed by atoms with Gasteiger partial charge in [0.2, 0.25) is 5.88 Å². The number of carbonyl (C=O) groups excluding carboxylic acids is 1. The van der Waals surface area contributed by atoms with Crippen LogP contribution in [0.25, 0.3) is 11.1 Å². The molecule has 0 unspecified atom stereocenters. The lowest BCUT2D eigenvalue weighted by molar-refractivity contribution is 0.0771. The number of imidazole rings is 1. The number of benzene rings is 2. The van der Waals surface area contributed by atoms with Crippen LogP contribution in [0.15, 0.2) is 53.5 Å². The summed E-state index contributed by atoms with van der Waals surface area (Å²) in [7, 11) is 0. The Bertz CT molecular complexity index is 1170. The number of fused-ring (bicyclic) bond motifs is 1. The van der Waals surface area contributed by atoms with Gasteiger partial charge in [0, 0.05) is 25.2 Å². The minimum absolute atomic E-state index is 0.0115. The SMILES string of the molecule is CCn1c(O)cn(Cc2ccc(-c3ccc4c(c3)CN(CC3CC3)C4=O)cc2)c1=O. The van der Waals surface area contributed by atoms with Gasteiger partial charge in [-0.05, 0) is 60.1 Å². The van der Waals surface area contributed by atoms with Crippen molar-refractivity contribution in [3.63, 3.8) is 0 Å². The Morgan fingerprint density at radius 1 is 1.03 bits per heavy atom. The minimum atomic E-state index is -0.210. The number of rotatable bonds is 6. The molecule has 0 saturated heterocycles. The van der Waals surface area contributed by atoms with Crippen LogP contribution in [0.5, 0.6) is 5.88 Å². The third kappa shape index (κ3) is 3.32. The molecule has 1 aliphatic carbocycles. The van der Waals surface area contributed by atoms with Crippen molar-refractivity contribution in [3.8, 4) is 17.0 Å². The maximum atomic E-state index is 12.6. The number of carbonyl (C=O) groups is 1. The van der Waals surface area contributed by atoms with Crippen molar-refractivity contribution in [2.45, 2.75) is 39.4 Å². The molecule has 6 heteroatoms. The summed E-state index contributed by atoms with van der Waals surface area (Å²) in [5.41, 5.74) is 4.88. The Morgan fingerprint density at radius 3 is 2.43 bits per heavy atom. The van der Waals surface area contributed by atoms with Crippen LogP contribution in [0, 0.1) is 5.92 Å². The van der Waals surface area contributed by atoms with Crippen molar-refractivity contribution in [1.82, 2.24) is 14.0 Å².